The van der Waals surface area contributed by atoms with Crippen molar-refractivity contribution in [2.24, 2.45) is 0 Å². The van der Waals surface area contributed by atoms with Crippen LogP contribution in [-0.2, 0) is 14.6 Å². The maximum Gasteiger partial charge on any atom is 0.256 e. The van der Waals surface area contributed by atoms with Crippen LogP contribution in [-0.4, -0.2) is 79.7 Å². The number of hydrogen-bond acceptors (Lipinski definition) is 5. The number of likely N-dealkylation sites (N-methyl/N-ethyl adjacent to an activating group) is 1. The minimum absolute atomic E-state index is 0.00511. The summed E-state index contributed by atoms with van der Waals surface area (Å²) in [6.07, 6.45) is 6.67. The van der Waals surface area contributed by atoms with Gasteiger partial charge in [0.05, 0.1) is 16.4 Å². The molecule has 0 bridgehead atoms. The van der Waals surface area contributed by atoms with Crippen LogP contribution < -0.4 is 5.32 Å². The fourth-order valence-corrected chi connectivity index (χ4v) is 5.17. The molecule has 166 valence electrons. The minimum Gasteiger partial charge on any atom is -0.358 e. The van der Waals surface area contributed by atoms with Crippen LogP contribution in [0, 0.1) is 13.8 Å². The van der Waals surface area contributed by atoms with Crippen LogP contribution in [0.15, 0.2) is 29.0 Å². The fraction of sp³-hybridized carbons (Fsp3) is 0.455. The summed E-state index contributed by atoms with van der Waals surface area (Å²) >= 11 is 0. The van der Waals surface area contributed by atoms with Crippen molar-refractivity contribution in [2.75, 3.05) is 39.5 Å². The summed E-state index contributed by atoms with van der Waals surface area (Å²) in [6.45, 7) is 6.79. The zero-order chi connectivity index (χ0) is 22.5. The van der Waals surface area contributed by atoms with Crippen LogP contribution in [0.2, 0.25) is 0 Å². The average molecular weight is 445 g/mol. The van der Waals surface area contributed by atoms with Gasteiger partial charge in [-0.15, -0.1) is 0 Å². The van der Waals surface area contributed by atoms with Crippen molar-refractivity contribution in [3.05, 3.63) is 51.5 Å². The number of amides is 2. The van der Waals surface area contributed by atoms with Crippen molar-refractivity contribution < 1.29 is 18.0 Å². The standard InChI is InChI=1S/C22H28N4O4S/c1-13-19(23-14(2)20(13)22(28)26-9-7-25(3)8-10-26)12-17-16-11-15(31(4,29)30)5-6-18(16)24-21(17)27/h6,11-12,15,23H,5,7-10H2,1-4H3,(H,24,27). The number of aromatic nitrogens is 1. The lowest BCUT2D eigenvalue weighted by molar-refractivity contribution is -0.115. The topological polar surface area (TPSA) is 103 Å². The summed E-state index contributed by atoms with van der Waals surface area (Å²) in [7, 11) is -1.22. The second-order valence-electron chi connectivity index (χ2n) is 8.57. The van der Waals surface area contributed by atoms with Crippen LogP contribution in [0.3, 0.4) is 0 Å². The van der Waals surface area contributed by atoms with Crippen LogP contribution in [0.4, 0.5) is 0 Å². The number of fused-ring (bicyclic) bond motifs is 1. The summed E-state index contributed by atoms with van der Waals surface area (Å²) in [4.78, 5) is 33.1. The molecule has 1 aromatic heterocycles. The molecule has 2 fully saturated rings. The third-order valence-electron chi connectivity index (χ3n) is 6.30. The Labute approximate surface area is 182 Å². The van der Waals surface area contributed by atoms with E-state index < -0.39 is 15.1 Å². The molecule has 31 heavy (non-hydrogen) atoms. The molecular weight excluding hydrogens is 416 g/mol. The number of carbonyl (C=O) groups is 2. The molecule has 9 heteroatoms. The van der Waals surface area contributed by atoms with E-state index in [1.807, 2.05) is 25.8 Å². The molecule has 0 spiro atoms. The molecule has 4 rings (SSSR count). The average Bonchev–Trinajstić information content (AvgIpc) is 3.16. The van der Waals surface area contributed by atoms with E-state index in [1.54, 1.807) is 18.2 Å². The van der Waals surface area contributed by atoms with E-state index in [2.05, 4.69) is 15.2 Å². The van der Waals surface area contributed by atoms with Gasteiger partial charge in [0, 0.05) is 55.1 Å². The lowest BCUT2D eigenvalue weighted by atomic mass is 9.98. The molecule has 2 aliphatic heterocycles. The van der Waals surface area contributed by atoms with Crippen molar-refractivity contribution in [3.63, 3.8) is 0 Å². The number of nitrogens with zero attached hydrogens (tertiary/aromatic N) is 2. The Morgan fingerprint density at radius 2 is 1.87 bits per heavy atom. The van der Waals surface area contributed by atoms with E-state index in [1.165, 1.54) is 6.26 Å². The third kappa shape index (κ3) is 3.99. The Balaban J connectivity index is 1.68. The first-order valence-electron chi connectivity index (χ1n) is 10.4. The van der Waals surface area contributed by atoms with E-state index in [0.717, 1.165) is 24.3 Å². The number of piperazine rings is 1. The highest BCUT2D eigenvalue weighted by molar-refractivity contribution is 7.91. The van der Waals surface area contributed by atoms with Gasteiger partial charge in [0.2, 0.25) is 0 Å². The van der Waals surface area contributed by atoms with Gasteiger partial charge in [-0.2, -0.15) is 0 Å². The van der Waals surface area contributed by atoms with Crippen molar-refractivity contribution in [1.29, 1.82) is 0 Å². The molecule has 3 aliphatic rings. The van der Waals surface area contributed by atoms with E-state index in [-0.39, 0.29) is 11.8 Å². The maximum absolute atomic E-state index is 13.1. The lowest BCUT2D eigenvalue weighted by Gasteiger charge is -2.32. The molecule has 2 N–H and O–H groups in total. The number of aromatic amines is 1. The van der Waals surface area contributed by atoms with Crippen molar-refractivity contribution in [3.8, 4) is 0 Å². The summed E-state index contributed by atoms with van der Waals surface area (Å²) < 4.78 is 24.0. The zero-order valence-electron chi connectivity index (χ0n) is 18.3. The first-order valence-corrected chi connectivity index (χ1v) is 12.3. The normalized spacial score (nSPS) is 23.5. The first-order chi connectivity index (χ1) is 14.6. The van der Waals surface area contributed by atoms with Gasteiger partial charge in [-0.3, -0.25) is 9.59 Å². The Bertz CT molecular complexity index is 1150. The summed E-state index contributed by atoms with van der Waals surface area (Å²) in [5.74, 6) is -0.278. The third-order valence-corrected chi connectivity index (χ3v) is 7.73. The molecule has 1 aromatic rings. The van der Waals surface area contributed by atoms with Crippen molar-refractivity contribution in [1.82, 2.24) is 20.1 Å². The van der Waals surface area contributed by atoms with Gasteiger partial charge in [-0.25, -0.2) is 8.42 Å². The maximum atomic E-state index is 13.1. The number of hydrogen-bond donors (Lipinski definition) is 2. The van der Waals surface area contributed by atoms with Crippen LogP contribution in [0.5, 0.6) is 0 Å². The number of aryl methyl sites for hydroxylation is 1. The Hall–Kier alpha value is -2.65. The Kier molecular flexibility index (Phi) is 5.43. The smallest absolute Gasteiger partial charge is 0.256 e. The minimum atomic E-state index is -3.27. The first kappa shape index (κ1) is 21.6. The highest BCUT2D eigenvalue weighted by atomic mass is 32.2. The summed E-state index contributed by atoms with van der Waals surface area (Å²) in [5.41, 5.74) is 4.52. The van der Waals surface area contributed by atoms with Gasteiger partial charge in [0.25, 0.3) is 11.8 Å². The molecule has 1 atom stereocenters. The van der Waals surface area contributed by atoms with Gasteiger partial charge >= 0.3 is 0 Å². The number of H-pyrrole nitrogens is 1. The van der Waals surface area contributed by atoms with Gasteiger partial charge in [-0.1, -0.05) is 12.2 Å². The van der Waals surface area contributed by atoms with E-state index in [4.69, 9.17) is 0 Å². The fourth-order valence-electron chi connectivity index (χ4n) is 4.35. The highest BCUT2D eigenvalue weighted by Crippen LogP contribution is 2.34. The van der Waals surface area contributed by atoms with Gasteiger partial charge in [0.1, 0.15) is 0 Å². The van der Waals surface area contributed by atoms with Gasteiger partial charge in [-0.05, 0) is 39.0 Å². The number of carbonyl (C=O) groups excluding carboxylic acids is 2. The zero-order valence-corrected chi connectivity index (χ0v) is 19.1. The molecule has 0 saturated carbocycles. The van der Waals surface area contributed by atoms with Crippen molar-refractivity contribution in [2.45, 2.75) is 25.5 Å². The Morgan fingerprint density at radius 3 is 2.52 bits per heavy atom. The predicted octanol–water partition coefficient (Wildman–Crippen LogP) is 1.16. The number of sulfone groups is 1. The molecule has 0 radical (unpaired) electrons. The molecule has 1 unspecified atom stereocenters. The van der Waals surface area contributed by atoms with Crippen LogP contribution in [0.1, 0.15) is 33.7 Å². The number of rotatable bonds is 3. The highest BCUT2D eigenvalue weighted by Gasteiger charge is 2.33. The monoisotopic (exact) mass is 444 g/mol. The molecular formula is C22H28N4O4S. The molecule has 2 saturated heterocycles. The van der Waals surface area contributed by atoms with Crippen LogP contribution >= 0.6 is 0 Å². The van der Waals surface area contributed by atoms with Gasteiger partial charge < -0.3 is 20.1 Å². The molecule has 3 heterocycles. The molecule has 0 aromatic carbocycles. The molecule has 2 amide bonds. The quantitative estimate of drug-likeness (QED) is 0.681. The Morgan fingerprint density at radius 1 is 1.19 bits per heavy atom. The number of nitrogens with one attached hydrogen (secondary N) is 2. The lowest BCUT2D eigenvalue weighted by Crippen LogP contribution is -2.47. The van der Waals surface area contributed by atoms with Crippen LogP contribution in [0.25, 0.3) is 6.08 Å². The predicted molar refractivity (Wildman–Crippen MR) is 119 cm³/mol. The molecule has 8 nitrogen and oxygen atoms in total. The van der Waals surface area contributed by atoms with E-state index in [9.17, 15) is 18.0 Å². The molecule has 1 aliphatic carbocycles. The van der Waals surface area contributed by atoms with E-state index in [0.29, 0.717) is 47.6 Å². The van der Waals surface area contributed by atoms with Gasteiger partial charge in [0.15, 0.2) is 9.84 Å². The second-order valence-corrected chi connectivity index (χ2v) is 10.8. The van der Waals surface area contributed by atoms with Crippen molar-refractivity contribution >= 4 is 27.7 Å². The SMILES string of the molecule is Cc1[nH]c(C=C2C(=O)NC3=CCC(S(C)(=O)=O)C=C32)c(C)c1C(=O)N1CCN(C)CC1. The van der Waals surface area contributed by atoms with E-state index >= 15 is 0 Å². The second kappa shape index (κ2) is 7.80. The summed E-state index contributed by atoms with van der Waals surface area (Å²) in [6, 6.07) is 0. The number of allylic oxidation sites excluding steroid dienone is 2. The largest absolute Gasteiger partial charge is 0.358 e. The summed E-state index contributed by atoms with van der Waals surface area (Å²) in [5, 5.41) is 2.16.